The molecule has 0 aromatic carbocycles. The lowest BCUT2D eigenvalue weighted by molar-refractivity contribution is -0.190. The lowest BCUT2D eigenvalue weighted by Gasteiger charge is -2.41. The number of aliphatic hydroxyl groups is 1. The quantitative estimate of drug-likeness (QED) is 0.618. The van der Waals surface area contributed by atoms with E-state index in [2.05, 4.69) is 11.5 Å². The smallest absolute Gasteiger partial charge is 0.384 e. The molecule has 2 aromatic rings. The Kier molecular flexibility index (Phi) is 5.23. The van der Waals surface area contributed by atoms with E-state index >= 15 is 0 Å². The summed E-state index contributed by atoms with van der Waals surface area (Å²) in [6, 6.07) is 3.62. The number of carbonyl (C=O) groups excluding carboxylic acids is 1. The van der Waals surface area contributed by atoms with Gasteiger partial charge in [-0.3, -0.25) is 4.79 Å². The highest BCUT2D eigenvalue weighted by Crippen LogP contribution is 2.60. The van der Waals surface area contributed by atoms with Crippen molar-refractivity contribution in [2.45, 2.75) is 95.9 Å². The summed E-state index contributed by atoms with van der Waals surface area (Å²) in [5.74, 6) is 0.483. The van der Waals surface area contributed by atoms with Gasteiger partial charge in [0.15, 0.2) is 5.65 Å². The molecule has 0 bridgehead atoms. The number of imidazole rings is 1. The van der Waals surface area contributed by atoms with Crippen molar-refractivity contribution in [1.82, 2.24) is 14.5 Å². The normalized spacial score (nSPS) is 20.0. The second-order valence-corrected chi connectivity index (χ2v) is 10.2. The van der Waals surface area contributed by atoms with Gasteiger partial charge in [0.25, 0.3) is 0 Å². The van der Waals surface area contributed by atoms with Crippen molar-refractivity contribution in [2.75, 3.05) is 0 Å². The average Bonchev–Trinajstić information content (AvgIpc) is 3.32. The van der Waals surface area contributed by atoms with E-state index in [1.807, 2.05) is 6.07 Å². The predicted molar refractivity (Wildman–Crippen MR) is 111 cm³/mol. The first kappa shape index (κ1) is 22.2. The Morgan fingerprint density at radius 2 is 1.84 bits per heavy atom. The molecule has 1 N–H and O–H groups in total. The van der Waals surface area contributed by atoms with Gasteiger partial charge in [0.2, 0.25) is 0 Å². The van der Waals surface area contributed by atoms with Gasteiger partial charge in [-0.25, -0.2) is 9.97 Å². The van der Waals surface area contributed by atoms with Crippen LogP contribution in [0.2, 0.25) is 0 Å². The molecule has 0 atom stereocenters. The lowest BCUT2D eigenvalue weighted by Crippen LogP contribution is -2.38. The van der Waals surface area contributed by atoms with Crippen molar-refractivity contribution in [3.05, 3.63) is 23.7 Å². The number of hydrogen-bond acceptors (Lipinski definition) is 4. The Labute approximate surface area is 180 Å². The Hall–Kier alpha value is -1.96. The fourth-order valence-electron chi connectivity index (χ4n) is 4.61. The third-order valence-corrected chi connectivity index (χ3v) is 7.02. The first-order valence-electron chi connectivity index (χ1n) is 11.0. The van der Waals surface area contributed by atoms with Crippen LogP contribution in [-0.4, -0.2) is 31.6 Å². The molecule has 2 aliphatic rings. The number of aromatic nitrogens is 3. The molecule has 0 saturated heterocycles. The highest BCUT2D eigenvalue weighted by Gasteiger charge is 2.63. The number of nitrogens with zero attached hydrogens (tertiary/aromatic N) is 3. The number of fused-ring (bicyclic) bond motifs is 1. The van der Waals surface area contributed by atoms with Crippen molar-refractivity contribution in [1.29, 1.82) is 0 Å². The van der Waals surface area contributed by atoms with E-state index in [0.717, 1.165) is 36.3 Å². The zero-order valence-corrected chi connectivity index (χ0v) is 18.3. The van der Waals surface area contributed by atoms with E-state index < -0.39 is 23.6 Å². The molecule has 2 aromatic heterocycles. The van der Waals surface area contributed by atoms with E-state index in [1.54, 1.807) is 19.9 Å². The Bertz CT molecular complexity index is 996. The number of Topliss-reactive ketones (excluding diaryl/α,β-unsaturated/α-hetero) is 1. The third kappa shape index (κ3) is 4.11. The van der Waals surface area contributed by atoms with Crippen LogP contribution >= 0.6 is 0 Å². The molecule has 8 heteroatoms. The van der Waals surface area contributed by atoms with Gasteiger partial charge in [-0.1, -0.05) is 0 Å². The fourth-order valence-corrected chi connectivity index (χ4v) is 4.61. The van der Waals surface area contributed by atoms with Gasteiger partial charge in [0.05, 0.1) is 11.1 Å². The van der Waals surface area contributed by atoms with E-state index in [1.165, 1.54) is 0 Å². The number of hydrogen-bond donors (Lipinski definition) is 1. The minimum Gasteiger partial charge on any atom is -0.384 e. The zero-order chi connectivity index (χ0) is 22.7. The van der Waals surface area contributed by atoms with E-state index in [9.17, 15) is 23.1 Å². The zero-order valence-electron chi connectivity index (χ0n) is 18.3. The molecule has 5 nitrogen and oxygen atoms in total. The summed E-state index contributed by atoms with van der Waals surface area (Å²) in [6.07, 6.45) is -0.379. The topological polar surface area (TPSA) is 68.0 Å². The molecular weight excluding hydrogens is 407 g/mol. The van der Waals surface area contributed by atoms with Crippen molar-refractivity contribution in [2.24, 2.45) is 5.41 Å². The Morgan fingerprint density at radius 3 is 2.35 bits per heavy atom. The van der Waals surface area contributed by atoms with Crippen molar-refractivity contribution in [3.63, 3.8) is 0 Å². The van der Waals surface area contributed by atoms with Crippen LogP contribution in [0.4, 0.5) is 13.2 Å². The molecule has 0 unspecified atom stereocenters. The van der Waals surface area contributed by atoms with Crippen LogP contribution in [0.1, 0.15) is 83.7 Å². The summed E-state index contributed by atoms with van der Waals surface area (Å²) in [4.78, 5) is 21.7. The summed E-state index contributed by atoms with van der Waals surface area (Å²) in [7, 11) is 0. The van der Waals surface area contributed by atoms with Crippen LogP contribution in [-0.2, 0) is 22.4 Å². The van der Waals surface area contributed by atoms with Gasteiger partial charge in [0.1, 0.15) is 22.7 Å². The average molecular weight is 438 g/mol. The van der Waals surface area contributed by atoms with Gasteiger partial charge in [-0.15, -0.1) is 0 Å². The van der Waals surface area contributed by atoms with Crippen LogP contribution in [0.25, 0.3) is 11.2 Å². The maximum absolute atomic E-state index is 13.1. The summed E-state index contributed by atoms with van der Waals surface area (Å²) in [5, 5.41) is 10.4. The Morgan fingerprint density at radius 1 is 1.16 bits per heavy atom. The van der Waals surface area contributed by atoms with Crippen molar-refractivity contribution >= 4 is 16.9 Å². The molecule has 0 aliphatic heterocycles. The molecule has 31 heavy (non-hydrogen) atoms. The van der Waals surface area contributed by atoms with E-state index in [-0.39, 0.29) is 30.6 Å². The first-order chi connectivity index (χ1) is 14.3. The number of pyridine rings is 1. The SMILES string of the molecule is CC(C)(O)c1ccc2nc(CCCC(=O)CC3(C(F)(F)F)CC3)n(C3(C)CCC3)c2n1. The fraction of sp³-hybridized carbons (Fsp3) is 0.696. The summed E-state index contributed by atoms with van der Waals surface area (Å²) >= 11 is 0. The second kappa shape index (κ2) is 7.29. The largest absolute Gasteiger partial charge is 0.394 e. The molecule has 170 valence electrons. The number of halogens is 3. The van der Waals surface area contributed by atoms with Gasteiger partial charge < -0.3 is 9.67 Å². The number of alkyl halides is 3. The van der Waals surface area contributed by atoms with Gasteiger partial charge in [-0.05, 0) is 71.4 Å². The maximum atomic E-state index is 13.1. The third-order valence-electron chi connectivity index (χ3n) is 7.02. The predicted octanol–water partition coefficient (Wildman–Crippen LogP) is 5.18. The van der Waals surface area contributed by atoms with Crippen LogP contribution in [0.15, 0.2) is 12.1 Å². The number of carbonyl (C=O) groups is 1. The maximum Gasteiger partial charge on any atom is 0.394 e. The van der Waals surface area contributed by atoms with Crippen molar-refractivity contribution < 1.29 is 23.1 Å². The highest BCUT2D eigenvalue weighted by molar-refractivity contribution is 5.79. The molecule has 2 fully saturated rings. The van der Waals surface area contributed by atoms with Gasteiger partial charge >= 0.3 is 6.18 Å². The molecule has 4 rings (SSSR count). The molecule has 0 spiro atoms. The minimum absolute atomic E-state index is 0.0611. The van der Waals surface area contributed by atoms with Crippen LogP contribution in [0.5, 0.6) is 0 Å². The van der Waals surface area contributed by atoms with Gasteiger partial charge in [-0.2, -0.15) is 13.2 Å². The second-order valence-electron chi connectivity index (χ2n) is 10.2. The standard InChI is InChI=1S/C23H30F3N3O2/c1-20(2,31)17-9-8-16-19(28-17)29(21(3)10-5-11-21)18(27-16)7-4-6-15(30)14-22(12-13-22)23(24,25)26/h8-9,31H,4-7,10-14H2,1-3H3. The summed E-state index contributed by atoms with van der Waals surface area (Å²) in [5.41, 5.74) is -0.948. The minimum atomic E-state index is -4.29. The van der Waals surface area contributed by atoms with Crippen LogP contribution < -0.4 is 0 Å². The number of ketones is 1. The molecular formula is C23H30F3N3O2. The molecule has 2 aliphatic carbocycles. The van der Waals surface area contributed by atoms with Crippen molar-refractivity contribution in [3.8, 4) is 0 Å². The number of rotatable bonds is 8. The highest BCUT2D eigenvalue weighted by atomic mass is 19.4. The number of aryl methyl sites for hydroxylation is 1. The van der Waals surface area contributed by atoms with E-state index in [0.29, 0.717) is 18.5 Å². The molecule has 0 amide bonds. The molecule has 2 heterocycles. The lowest BCUT2D eigenvalue weighted by atomic mass is 9.78. The van der Waals surface area contributed by atoms with E-state index in [4.69, 9.17) is 9.97 Å². The first-order valence-corrected chi connectivity index (χ1v) is 11.0. The van der Waals surface area contributed by atoms with Crippen LogP contribution in [0, 0.1) is 5.41 Å². The summed E-state index contributed by atoms with van der Waals surface area (Å²) < 4.78 is 41.5. The summed E-state index contributed by atoms with van der Waals surface area (Å²) in [6.45, 7) is 5.53. The molecule has 2 saturated carbocycles. The molecule has 0 radical (unpaired) electrons. The Balaban J connectivity index is 1.52. The monoisotopic (exact) mass is 437 g/mol. The van der Waals surface area contributed by atoms with Gasteiger partial charge in [0, 0.05) is 24.8 Å². The van der Waals surface area contributed by atoms with Crippen LogP contribution in [0.3, 0.4) is 0 Å².